The van der Waals surface area contributed by atoms with E-state index in [1.807, 2.05) is 26.0 Å². The maximum absolute atomic E-state index is 6.09. The predicted molar refractivity (Wildman–Crippen MR) is 59.5 cm³/mol. The molecule has 0 atom stereocenters. The van der Waals surface area contributed by atoms with Gasteiger partial charge in [0, 0.05) is 13.8 Å². The van der Waals surface area contributed by atoms with E-state index >= 15 is 0 Å². The van der Waals surface area contributed by atoms with Crippen LogP contribution in [0.25, 0.3) is 0 Å². The molecule has 0 saturated heterocycles. The molecule has 0 fully saturated rings. The van der Waals surface area contributed by atoms with Crippen LogP contribution in [-0.4, -0.2) is 12.3 Å². The van der Waals surface area contributed by atoms with Gasteiger partial charge >= 0.3 is 0 Å². The number of nitrogens with two attached hydrogens (primary N) is 1. The Morgan fingerprint density at radius 3 is 2.73 bits per heavy atom. The number of ether oxygens (including phenoxy) is 2. The molecule has 1 heterocycles. The maximum atomic E-state index is 6.09. The quantitative estimate of drug-likeness (QED) is 0.844. The molecule has 15 heavy (non-hydrogen) atoms. The Hall–Kier alpha value is -0.930. The van der Waals surface area contributed by atoms with Gasteiger partial charge in [-0.2, -0.15) is 0 Å². The number of hydrogen-bond donors (Lipinski definition) is 1. The molecule has 0 spiro atoms. The Balaban J connectivity index is 2.38. The van der Waals surface area contributed by atoms with Crippen molar-refractivity contribution in [2.24, 2.45) is 5.73 Å². The van der Waals surface area contributed by atoms with Gasteiger partial charge in [-0.1, -0.05) is 11.6 Å². The smallest absolute Gasteiger partial charge is 0.246 e. The van der Waals surface area contributed by atoms with E-state index in [0.717, 1.165) is 12.0 Å². The lowest BCUT2D eigenvalue weighted by molar-refractivity contribution is -0.0431. The summed E-state index contributed by atoms with van der Waals surface area (Å²) in [6.07, 6.45) is 0.788. The maximum Gasteiger partial charge on any atom is 0.246 e. The fraction of sp³-hybridized carbons (Fsp3) is 0.455. The zero-order valence-electron chi connectivity index (χ0n) is 8.84. The van der Waals surface area contributed by atoms with Crippen LogP contribution < -0.4 is 15.2 Å². The number of rotatable bonds is 2. The molecule has 4 heteroatoms. The van der Waals surface area contributed by atoms with Crippen molar-refractivity contribution >= 4 is 11.6 Å². The lowest BCUT2D eigenvalue weighted by atomic mass is 10.1. The Bertz CT molecular complexity index is 390. The fourth-order valence-electron chi connectivity index (χ4n) is 1.64. The first kappa shape index (κ1) is 10.6. The molecule has 1 aliphatic rings. The van der Waals surface area contributed by atoms with Crippen LogP contribution in [0.5, 0.6) is 11.5 Å². The summed E-state index contributed by atoms with van der Waals surface area (Å²) in [5.41, 5.74) is 6.57. The summed E-state index contributed by atoms with van der Waals surface area (Å²) in [5.74, 6) is 0.700. The van der Waals surface area contributed by atoms with Crippen molar-refractivity contribution in [3.8, 4) is 11.5 Å². The third kappa shape index (κ3) is 2.03. The van der Waals surface area contributed by atoms with Crippen LogP contribution in [0.3, 0.4) is 0 Å². The van der Waals surface area contributed by atoms with Crippen molar-refractivity contribution in [3.05, 3.63) is 22.7 Å². The molecule has 82 valence electrons. The second kappa shape index (κ2) is 3.58. The van der Waals surface area contributed by atoms with Gasteiger partial charge in [0.2, 0.25) is 5.79 Å². The standard InChI is InChI=1S/C11H14ClNO2/c1-11(2)14-9-6-7(3-4-13)5-8(12)10(9)15-11/h5-6H,3-4,13H2,1-2H3. The van der Waals surface area contributed by atoms with Crippen molar-refractivity contribution in [2.75, 3.05) is 6.54 Å². The Morgan fingerprint density at radius 1 is 1.33 bits per heavy atom. The molecule has 0 bridgehead atoms. The summed E-state index contributed by atoms with van der Waals surface area (Å²) in [6, 6.07) is 3.81. The van der Waals surface area contributed by atoms with Crippen LogP contribution >= 0.6 is 11.6 Å². The second-order valence-corrected chi connectivity index (χ2v) is 4.45. The summed E-state index contributed by atoms with van der Waals surface area (Å²) in [4.78, 5) is 0. The van der Waals surface area contributed by atoms with Gasteiger partial charge in [-0.05, 0) is 30.7 Å². The molecule has 0 amide bonds. The van der Waals surface area contributed by atoms with E-state index in [0.29, 0.717) is 23.1 Å². The summed E-state index contributed by atoms with van der Waals surface area (Å²) in [6.45, 7) is 4.30. The van der Waals surface area contributed by atoms with Gasteiger partial charge in [0.1, 0.15) is 0 Å². The van der Waals surface area contributed by atoms with Gasteiger partial charge in [0.15, 0.2) is 11.5 Å². The molecule has 1 aliphatic heterocycles. The van der Waals surface area contributed by atoms with Crippen LogP contribution in [0.1, 0.15) is 19.4 Å². The van der Waals surface area contributed by atoms with Gasteiger partial charge in [-0.3, -0.25) is 0 Å². The SMILES string of the molecule is CC1(C)Oc2cc(CCN)cc(Cl)c2O1. The molecule has 1 aromatic carbocycles. The van der Waals surface area contributed by atoms with E-state index in [4.69, 9.17) is 26.8 Å². The molecule has 2 rings (SSSR count). The largest absolute Gasteiger partial charge is 0.449 e. The van der Waals surface area contributed by atoms with Crippen molar-refractivity contribution in [1.29, 1.82) is 0 Å². The molecule has 0 saturated carbocycles. The third-order valence-electron chi connectivity index (χ3n) is 2.21. The Labute approximate surface area is 94.1 Å². The normalized spacial score (nSPS) is 16.8. The minimum absolute atomic E-state index is 0.585. The minimum Gasteiger partial charge on any atom is -0.449 e. The van der Waals surface area contributed by atoms with Gasteiger partial charge in [-0.25, -0.2) is 0 Å². The summed E-state index contributed by atoms with van der Waals surface area (Å²) in [7, 11) is 0. The average molecular weight is 228 g/mol. The molecule has 0 aromatic heterocycles. The highest BCUT2D eigenvalue weighted by Gasteiger charge is 2.33. The molecule has 0 radical (unpaired) electrons. The number of fused-ring (bicyclic) bond motifs is 1. The van der Waals surface area contributed by atoms with Crippen LogP contribution in [0.4, 0.5) is 0 Å². The number of halogens is 1. The highest BCUT2D eigenvalue weighted by atomic mass is 35.5. The Kier molecular flexibility index (Phi) is 2.52. The lowest BCUT2D eigenvalue weighted by Gasteiger charge is -2.16. The first-order valence-electron chi connectivity index (χ1n) is 4.92. The van der Waals surface area contributed by atoms with Crippen molar-refractivity contribution in [3.63, 3.8) is 0 Å². The Morgan fingerprint density at radius 2 is 2.07 bits per heavy atom. The second-order valence-electron chi connectivity index (χ2n) is 4.05. The van der Waals surface area contributed by atoms with E-state index in [1.165, 1.54) is 0 Å². The molecule has 0 unspecified atom stereocenters. The van der Waals surface area contributed by atoms with Gasteiger partial charge < -0.3 is 15.2 Å². The third-order valence-corrected chi connectivity index (χ3v) is 2.49. The fourth-order valence-corrected chi connectivity index (χ4v) is 1.91. The first-order chi connectivity index (χ1) is 7.02. The summed E-state index contributed by atoms with van der Waals surface area (Å²) in [5, 5.41) is 0.585. The van der Waals surface area contributed by atoms with E-state index in [2.05, 4.69) is 0 Å². The van der Waals surface area contributed by atoms with E-state index in [-0.39, 0.29) is 0 Å². The van der Waals surface area contributed by atoms with E-state index < -0.39 is 5.79 Å². The number of hydrogen-bond acceptors (Lipinski definition) is 3. The summed E-state index contributed by atoms with van der Waals surface area (Å²) < 4.78 is 11.2. The molecular weight excluding hydrogens is 214 g/mol. The van der Waals surface area contributed by atoms with E-state index in [1.54, 1.807) is 0 Å². The number of benzene rings is 1. The van der Waals surface area contributed by atoms with Crippen LogP contribution in [-0.2, 0) is 6.42 Å². The van der Waals surface area contributed by atoms with Gasteiger partial charge in [0.25, 0.3) is 0 Å². The molecule has 2 N–H and O–H groups in total. The highest BCUT2D eigenvalue weighted by Crippen LogP contribution is 2.44. The van der Waals surface area contributed by atoms with Gasteiger partial charge in [-0.15, -0.1) is 0 Å². The van der Waals surface area contributed by atoms with Crippen LogP contribution in [0.15, 0.2) is 12.1 Å². The topological polar surface area (TPSA) is 44.5 Å². The molecule has 3 nitrogen and oxygen atoms in total. The van der Waals surface area contributed by atoms with Gasteiger partial charge in [0.05, 0.1) is 5.02 Å². The molecular formula is C11H14ClNO2. The predicted octanol–water partition coefficient (Wildman–Crippen LogP) is 2.35. The van der Waals surface area contributed by atoms with Crippen LogP contribution in [0, 0.1) is 0 Å². The average Bonchev–Trinajstić information content (AvgIpc) is 2.41. The van der Waals surface area contributed by atoms with E-state index in [9.17, 15) is 0 Å². The van der Waals surface area contributed by atoms with Crippen LogP contribution in [0.2, 0.25) is 5.02 Å². The minimum atomic E-state index is -0.632. The first-order valence-corrected chi connectivity index (χ1v) is 5.30. The highest BCUT2D eigenvalue weighted by molar-refractivity contribution is 6.32. The van der Waals surface area contributed by atoms with Crippen molar-refractivity contribution in [2.45, 2.75) is 26.1 Å². The monoisotopic (exact) mass is 227 g/mol. The molecule has 1 aromatic rings. The van der Waals surface area contributed by atoms with Crippen molar-refractivity contribution < 1.29 is 9.47 Å². The molecule has 0 aliphatic carbocycles. The zero-order chi connectivity index (χ0) is 11.1. The lowest BCUT2D eigenvalue weighted by Crippen LogP contribution is -2.29. The van der Waals surface area contributed by atoms with Crippen molar-refractivity contribution in [1.82, 2.24) is 0 Å². The summed E-state index contributed by atoms with van der Waals surface area (Å²) >= 11 is 6.09. The zero-order valence-corrected chi connectivity index (χ0v) is 9.60.